The number of nitriles is 1. The predicted octanol–water partition coefficient (Wildman–Crippen LogP) is 3.31. The molecule has 2 aliphatic carbocycles. The molecule has 0 bridgehead atoms. The molecular formula is C17H31N3. The zero-order valence-corrected chi connectivity index (χ0v) is 13.5. The van der Waals surface area contributed by atoms with Gasteiger partial charge >= 0.3 is 0 Å². The normalized spacial score (nSPS) is 30.1. The molecule has 0 radical (unpaired) electrons. The summed E-state index contributed by atoms with van der Waals surface area (Å²) in [5, 5.41) is 13.3. The predicted molar refractivity (Wildman–Crippen MR) is 83.5 cm³/mol. The first-order valence-corrected chi connectivity index (χ1v) is 8.54. The van der Waals surface area contributed by atoms with E-state index < -0.39 is 0 Å². The summed E-state index contributed by atoms with van der Waals surface area (Å²) in [5.74, 6) is 0.535. The van der Waals surface area contributed by atoms with Crippen molar-refractivity contribution >= 4 is 0 Å². The minimum absolute atomic E-state index is 0.254. The number of hydrogen-bond acceptors (Lipinski definition) is 3. The van der Waals surface area contributed by atoms with E-state index in [1.807, 2.05) is 0 Å². The van der Waals surface area contributed by atoms with E-state index in [1.54, 1.807) is 0 Å². The summed E-state index contributed by atoms with van der Waals surface area (Å²) in [6.45, 7) is 9.00. The van der Waals surface area contributed by atoms with Gasteiger partial charge in [-0.15, -0.1) is 0 Å². The number of rotatable bonds is 8. The van der Waals surface area contributed by atoms with Crippen LogP contribution in [0, 0.1) is 17.2 Å². The van der Waals surface area contributed by atoms with Crippen molar-refractivity contribution in [2.24, 2.45) is 5.92 Å². The van der Waals surface area contributed by atoms with Crippen LogP contribution >= 0.6 is 0 Å². The Labute approximate surface area is 124 Å². The monoisotopic (exact) mass is 277 g/mol. The maximum absolute atomic E-state index is 9.70. The van der Waals surface area contributed by atoms with Gasteiger partial charge in [0.15, 0.2) is 0 Å². The lowest BCUT2D eigenvalue weighted by atomic mass is 9.85. The van der Waals surface area contributed by atoms with Gasteiger partial charge < -0.3 is 4.90 Å². The van der Waals surface area contributed by atoms with Crippen molar-refractivity contribution in [3.63, 3.8) is 0 Å². The first-order chi connectivity index (χ1) is 9.61. The Morgan fingerprint density at radius 3 is 2.60 bits per heavy atom. The minimum atomic E-state index is -0.254. The van der Waals surface area contributed by atoms with Crippen LogP contribution in [0.1, 0.15) is 65.7 Å². The molecule has 0 aliphatic heterocycles. The topological polar surface area (TPSA) is 39.1 Å². The van der Waals surface area contributed by atoms with Crippen LogP contribution in [-0.4, -0.2) is 35.6 Å². The standard InChI is InChI=1S/C17H31N3/c1-4-11-20(16-7-8-16)12-9-15-6-5-10-17(15,13-18)19-14(2)3/h14-16,19H,4-12H2,1-3H3. The second-order valence-electron chi connectivity index (χ2n) is 7.03. The Bertz CT molecular complexity index is 343. The zero-order valence-electron chi connectivity index (χ0n) is 13.5. The van der Waals surface area contributed by atoms with Crippen molar-refractivity contribution in [2.45, 2.75) is 83.3 Å². The fraction of sp³-hybridized carbons (Fsp3) is 0.941. The van der Waals surface area contributed by atoms with Crippen LogP contribution in [-0.2, 0) is 0 Å². The van der Waals surface area contributed by atoms with Gasteiger partial charge in [0, 0.05) is 12.1 Å². The highest BCUT2D eigenvalue weighted by Crippen LogP contribution is 2.39. The molecule has 0 saturated heterocycles. The third kappa shape index (κ3) is 3.74. The van der Waals surface area contributed by atoms with Crippen LogP contribution in [0.3, 0.4) is 0 Å². The molecule has 2 rings (SSSR count). The van der Waals surface area contributed by atoms with Crippen molar-refractivity contribution in [3.8, 4) is 6.07 Å². The molecule has 0 aromatic heterocycles. The van der Waals surface area contributed by atoms with Gasteiger partial charge in [-0.2, -0.15) is 5.26 Å². The van der Waals surface area contributed by atoms with Gasteiger partial charge in [-0.25, -0.2) is 0 Å². The molecule has 0 aromatic rings. The molecule has 2 atom stereocenters. The maximum atomic E-state index is 9.70. The lowest BCUT2D eigenvalue weighted by Gasteiger charge is -2.33. The largest absolute Gasteiger partial charge is 0.300 e. The van der Waals surface area contributed by atoms with Gasteiger partial charge in [0.25, 0.3) is 0 Å². The van der Waals surface area contributed by atoms with Crippen LogP contribution in [0.4, 0.5) is 0 Å². The Morgan fingerprint density at radius 2 is 2.05 bits per heavy atom. The van der Waals surface area contributed by atoms with Gasteiger partial charge in [0.2, 0.25) is 0 Å². The zero-order chi connectivity index (χ0) is 14.6. The SMILES string of the molecule is CCCN(CCC1CCCC1(C#N)NC(C)C)C1CC1. The molecule has 0 aromatic carbocycles. The fourth-order valence-electron chi connectivity index (χ4n) is 3.88. The molecule has 114 valence electrons. The highest BCUT2D eigenvalue weighted by atomic mass is 15.2. The van der Waals surface area contributed by atoms with E-state index in [1.165, 1.54) is 51.6 Å². The Morgan fingerprint density at radius 1 is 1.30 bits per heavy atom. The highest BCUT2D eigenvalue weighted by molar-refractivity contribution is 5.14. The molecule has 0 amide bonds. The molecule has 2 fully saturated rings. The van der Waals surface area contributed by atoms with Gasteiger partial charge in [-0.1, -0.05) is 13.3 Å². The van der Waals surface area contributed by atoms with Crippen LogP contribution in [0.15, 0.2) is 0 Å². The van der Waals surface area contributed by atoms with E-state index in [4.69, 9.17) is 0 Å². The van der Waals surface area contributed by atoms with Crippen molar-refractivity contribution in [1.82, 2.24) is 10.2 Å². The van der Waals surface area contributed by atoms with Crippen LogP contribution in [0.25, 0.3) is 0 Å². The average molecular weight is 277 g/mol. The van der Waals surface area contributed by atoms with E-state index >= 15 is 0 Å². The summed E-state index contributed by atoms with van der Waals surface area (Å²) in [4.78, 5) is 2.66. The van der Waals surface area contributed by atoms with Crippen LogP contribution in [0.2, 0.25) is 0 Å². The molecular weight excluding hydrogens is 246 g/mol. The molecule has 3 nitrogen and oxygen atoms in total. The van der Waals surface area contributed by atoms with Crippen molar-refractivity contribution in [1.29, 1.82) is 5.26 Å². The quantitative estimate of drug-likeness (QED) is 0.740. The second-order valence-corrected chi connectivity index (χ2v) is 7.03. The molecule has 2 saturated carbocycles. The molecule has 2 unspecified atom stereocenters. The third-order valence-electron chi connectivity index (χ3n) is 4.91. The molecule has 3 heteroatoms. The summed E-state index contributed by atoms with van der Waals surface area (Å²) in [6.07, 6.45) is 8.66. The maximum Gasteiger partial charge on any atom is 0.109 e. The summed E-state index contributed by atoms with van der Waals surface area (Å²) in [7, 11) is 0. The number of hydrogen-bond donors (Lipinski definition) is 1. The molecule has 1 N–H and O–H groups in total. The fourth-order valence-corrected chi connectivity index (χ4v) is 3.88. The van der Waals surface area contributed by atoms with Crippen LogP contribution in [0.5, 0.6) is 0 Å². The minimum Gasteiger partial charge on any atom is -0.300 e. The van der Waals surface area contributed by atoms with Gasteiger partial charge in [-0.05, 0) is 71.4 Å². The second kappa shape index (κ2) is 6.91. The molecule has 0 heterocycles. The van der Waals surface area contributed by atoms with Gasteiger partial charge in [0.05, 0.1) is 6.07 Å². The highest BCUT2D eigenvalue weighted by Gasteiger charge is 2.43. The van der Waals surface area contributed by atoms with Gasteiger partial charge in [0.1, 0.15) is 5.54 Å². The number of nitrogens with one attached hydrogen (secondary N) is 1. The van der Waals surface area contributed by atoms with E-state index in [0.717, 1.165) is 12.5 Å². The van der Waals surface area contributed by atoms with Crippen LogP contribution < -0.4 is 5.32 Å². The molecule has 0 spiro atoms. The van der Waals surface area contributed by atoms with E-state index in [-0.39, 0.29) is 5.54 Å². The van der Waals surface area contributed by atoms with Crippen molar-refractivity contribution < 1.29 is 0 Å². The summed E-state index contributed by atoms with van der Waals surface area (Å²) in [5.41, 5.74) is -0.254. The average Bonchev–Trinajstić information content (AvgIpc) is 3.17. The smallest absolute Gasteiger partial charge is 0.109 e. The van der Waals surface area contributed by atoms with E-state index in [0.29, 0.717) is 12.0 Å². The van der Waals surface area contributed by atoms with Crippen molar-refractivity contribution in [2.75, 3.05) is 13.1 Å². The summed E-state index contributed by atoms with van der Waals surface area (Å²) >= 11 is 0. The Kier molecular flexibility index (Phi) is 5.46. The summed E-state index contributed by atoms with van der Waals surface area (Å²) in [6, 6.07) is 3.88. The lowest BCUT2D eigenvalue weighted by molar-refractivity contribution is 0.210. The Balaban J connectivity index is 1.91. The van der Waals surface area contributed by atoms with Gasteiger partial charge in [-0.3, -0.25) is 5.32 Å². The first-order valence-electron chi connectivity index (χ1n) is 8.54. The third-order valence-corrected chi connectivity index (χ3v) is 4.91. The molecule has 2 aliphatic rings. The molecule has 20 heavy (non-hydrogen) atoms. The lowest BCUT2D eigenvalue weighted by Crippen LogP contribution is -2.50. The van der Waals surface area contributed by atoms with E-state index in [2.05, 4.69) is 37.1 Å². The number of nitrogens with zero attached hydrogens (tertiary/aromatic N) is 2. The summed E-state index contributed by atoms with van der Waals surface area (Å²) < 4.78 is 0. The Hall–Kier alpha value is -0.590. The first kappa shape index (κ1) is 15.8. The van der Waals surface area contributed by atoms with E-state index in [9.17, 15) is 5.26 Å². The van der Waals surface area contributed by atoms with Crippen molar-refractivity contribution in [3.05, 3.63) is 0 Å².